The Morgan fingerprint density at radius 1 is 1.00 bits per heavy atom. The smallest absolute Gasteiger partial charge is 0.282 e. The molecule has 0 fully saturated rings. The highest BCUT2D eigenvalue weighted by atomic mass is 79.9. The number of fused-ring (bicyclic) bond motifs is 1. The summed E-state index contributed by atoms with van der Waals surface area (Å²) >= 11 is 15.8. The van der Waals surface area contributed by atoms with E-state index in [1.807, 2.05) is 61.5 Å². The average molecular weight is 665 g/mol. The van der Waals surface area contributed by atoms with E-state index in [1.54, 1.807) is 31.5 Å². The fourth-order valence-corrected chi connectivity index (χ4v) is 5.33. The van der Waals surface area contributed by atoms with Gasteiger partial charge in [0.15, 0.2) is 5.82 Å². The van der Waals surface area contributed by atoms with Crippen LogP contribution in [0.4, 0.5) is 0 Å². The van der Waals surface area contributed by atoms with Crippen molar-refractivity contribution in [3.8, 4) is 22.9 Å². The molecule has 0 aliphatic heterocycles. The van der Waals surface area contributed by atoms with E-state index in [2.05, 4.69) is 34.9 Å². The van der Waals surface area contributed by atoms with E-state index in [1.165, 1.54) is 4.68 Å². The van der Waals surface area contributed by atoms with Crippen LogP contribution in [0.2, 0.25) is 10.0 Å². The lowest BCUT2D eigenvalue weighted by Gasteiger charge is -2.17. The van der Waals surface area contributed by atoms with Gasteiger partial charge in [0, 0.05) is 15.6 Å². The van der Waals surface area contributed by atoms with E-state index in [4.69, 9.17) is 37.7 Å². The lowest BCUT2D eigenvalue weighted by atomic mass is 9.96. The normalized spacial score (nSPS) is 11.5. The van der Waals surface area contributed by atoms with E-state index >= 15 is 0 Å². The molecular weight excluding hydrogens is 637 g/mol. The first-order valence-electron chi connectivity index (χ1n) is 13.3. The molecule has 5 aromatic rings. The number of hydrogen-bond donors (Lipinski definition) is 0. The number of nitrogens with zero attached hydrogens (tertiary/aromatic N) is 3. The molecule has 0 aliphatic rings. The third-order valence-electron chi connectivity index (χ3n) is 6.86. The predicted molar refractivity (Wildman–Crippen MR) is 175 cm³/mol. The van der Waals surface area contributed by atoms with Crippen molar-refractivity contribution in [2.75, 3.05) is 7.11 Å². The molecule has 0 bridgehead atoms. The first-order valence-corrected chi connectivity index (χ1v) is 14.8. The van der Waals surface area contributed by atoms with Gasteiger partial charge in [-0.2, -0.15) is 9.78 Å². The molecule has 0 saturated heterocycles. The second-order valence-corrected chi connectivity index (χ2v) is 11.8. The van der Waals surface area contributed by atoms with Gasteiger partial charge in [-0.25, -0.2) is 4.98 Å². The average Bonchev–Trinajstić information content (AvgIpc) is 2.97. The minimum absolute atomic E-state index is 0.195. The quantitative estimate of drug-likeness (QED) is 0.155. The first-order chi connectivity index (χ1) is 20.2. The zero-order valence-electron chi connectivity index (χ0n) is 23.5. The Balaban J connectivity index is 1.62. The van der Waals surface area contributed by atoms with Crippen molar-refractivity contribution in [2.45, 2.75) is 33.3 Å². The molecule has 214 valence electrons. The van der Waals surface area contributed by atoms with E-state index in [9.17, 15) is 4.79 Å². The lowest BCUT2D eigenvalue weighted by Crippen LogP contribution is -2.21. The van der Waals surface area contributed by atoms with Crippen LogP contribution in [0.15, 0.2) is 87.2 Å². The number of benzene rings is 4. The van der Waals surface area contributed by atoms with Crippen LogP contribution in [0.1, 0.15) is 42.0 Å². The third-order valence-corrected chi connectivity index (χ3v) is 8.09. The minimum atomic E-state index is -0.276. The molecule has 4 aromatic carbocycles. The van der Waals surface area contributed by atoms with Crippen molar-refractivity contribution in [3.63, 3.8) is 0 Å². The summed E-state index contributed by atoms with van der Waals surface area (Å²) in [5, 5.41) is 6.10. The number of aromatic nitrogens is 2. The topological polar surface area (TPSA) is 65.7 Å². The number of methoxy groups -OCH3 is 1. The molecular formula is C33H28BrCl2N3O3. The van der Waals surface area contributed by atoms with Gasteiger partial charge in [-0.15, -0.1) is 0 Å². The molecule has 6 nitrogen and oxygen atoms in total. The molecule has 5 rings (SSSR count). The number of rotatable bonds is 8. The van der Waals surface area contributed by atoms with E-state index in [-0.39, 0.29) is 18.1 Å². The molecule has 0 saturated carbocycles. The summed E-state index contributed by atoms with van der Waals surface area (Å²) in [6.07, 6.45) is 1.61. The maximum absolute atomic E-state index is 13.8. The molecule has 1 heterocycles. The van der Waals surface area contributed by atoms with Gasteiger partial charge in [-0.1, -0.05) is 71.2 Å². The summed E-state index contributed by atoms with van der Waals surface area (Å²) in [6, 6.07) is 22.2. The Morgan fingerprint density at radius 3 is 2.52 bits per heavy atom. The van der Waals surface area contributed by atoms with Crippen LogP contribution in [0.5, 0.6) is 11.5 Å². The van der Waals surface area contributed by atoms with Crippen molar-refractivity contribution in [1.29, 1.82) is 0 Å². The van der Waals surface area contributed by atoms with E-state index in [0.717, 1.165) is 32.5 Å². The lowest BCUT2D eigenvalue weighted by molar-refractivity contribution is 0.306. The standard InChI is InChI=1S/C33H28BrCl2N3O3/c1-19(2)25-16-26(20(3)13-31(25)41-4)32-38-29-8-6-5-7-24(29)33(40)39(32)37-17-22-15-23(34)10-12-30(22)42-18-21-9-11-27(35)28(36)14-21/h5-17,19H,18H2,1-4H3. The Bertz CT molecular complexity index is 1890. The van der Waals surface area contributed by atoms with Crippen molar-refractivity contribution in [1.82, 2.24) is 9.66 Å². The van der Waals surface area contributed by atoms with Crippen LogP contribution >= 0.6 is 39.1 Å². The van der Waals surface area contributed by atoms with Crippen LogP contribution in [0.25, 0.3) is 22.3 Å². The number of hydrogen-bond acceptors (Lipinski definition) is 5. The van der Waals surface area contributed by atoms with Crippen molar-refractivity contribution >= 4 is 56.2 Å². The fraction of sp³-hybridized carbons (Fsp3) is 0.182. The Hall–Kier alpha value is -3.65. The van der Waals surface area contributed by atoms with Gasteiger partial charge in [-0.3, -0.25) is 4.79 Å². The summed E-state index contributed by atoms with van der Waals surface area (Å²) in [6.45, 7) is 6.44. The summed E-state index contributed by atoms with van der Waals surface area (Å²) < 4.78 is 14.0. The zero-order chi connectivity index (χ0) is 30.0. The molecule has 0 amide bonds. The van der Waals surface area contributed by atoms with Crippen LogP contribution in [-0.4, -0.2) is 23.0 Å². The van der Waals surface area contributed by atoms with Gasteiger partial charge in [0.25, 0.3) is 5.56 Å². The summed E-state index contributed by atoms with van der Waals surface area (Å²) in [4.78, 5) is 18.8. The molecule has 9 heteroatoms. The van der Waals surface area contributed by atoms with Crippen molar-refractivity contribution in [3.05, 3.63) is 120 Å². The predicted octanol–water partition coefficient (Wildman–Crippen LogP) is 9.03. The summed E-state index contributed by atoms with van der Waals surface area (Å²) in [5.74, 6) is 2.01. The Kier molecular flexibility index (Phi) is 9.02. The number of para-hydroxylation sites is 1. The van der Waals surface area contributed by atoms with Crippen LogP contribution in [0.3, 0.4) is 0 Å². The fourth-order valence-electron chi connectivity index (χ4n) is 4.63. The van der Waals surface area contributed by atoms with E-state index in [0.29, 0.717) is 38.1 Å². The van der Waals surface area contributed by atoms with Crippen molar-refractivity contribution in [2.24, 2.45) is 5.10 Å². The van der Waals surface area contributed by atoms with Crippen LogP contribution < -0.4 is 15.0 Å². The maximum Gasteiger partial charge on any atom is 0.282 e. The second kappa shape index (κ2) is 12.7. The van der Waals surface area contributed by atoms with Gasteiger partial charge in [0.1, 0.15) is 18.1 Å². The molecule has 0 radical (unpaired) electrons. The highest BCUT2D eigenvalue weighted by Gasteiger charge is 2.18. The molecule has 42 heavy (non-hydrogen) atoms. The number of ether oxygens (including phenoxy) is 2. The molecule has 0 aliphatic carbocycles. The zero-order valence-corrected chi connectivity index (χ0v) is 26.6. The Morgan fingerprint density at radius 2 is 1.79 bits per heavy atom. The molecule has 0 N–H and O–H groups in total. The Labute approximate surface area is 262 Å². The SMILES string of the molecule is COc1cc(C)c(-c2nc3ccccc3c(=O)n2N=Cc2cc(Br)ccc2OCc2ccc(Cl)c(Cl)c2)cc1C(C)C. The van der Waals surface area contributed by atoms with Gasteiger partial charge in [0.05, 0.1) is 34.3 Å². The van der Waals surface area contributed by atoms with Gasteiger partial charge in [-0.05, 0) is 84.1 Å². The highest BCUT2D eigenvalue weighted by molar-refractivity contribution is 9.10. The molecule has 0 unspecified atom stereocenters. The first kappa shape index (κ1) is 29.8. The van der Waals surface area contributed by atoms with E-state index < -0.39 is 0 Å². The molecule has 0 spiro atoms. The van der Waals surface area contributed by atoms with Gasteiger partial charge in [0.2, 0.25) is 0 Å². The largest absolute Gasteiger partial charge is 0.496 e. The monoisotopic (exact) mass is 663 g/mol. The third kappa shape index (κ3) is 6.24. The highest BCUT2D eigenvalue weighted by Crippen LogP contribution is 2.34. The second-order valence-electron chi connectivity index (χ2n) is 10.1. The number of halogens is 3. The van der Waals surface area contributed by atoms with Crippen LogP contribution in [-0.2, 0) is 6.61 Å². The number of aryl methyl sites for hydroxylation is 1. The molecule has 1 aromatic heterocycles. The summed E-state index contributed by atoms with van der Waals surface area (Å²) in [7, 11) is 1.66. The summed E-state index contributed by atoms with van der Waals surface area (Å²) in [5.41, 5.74) is 4.58. The van der Waals surface area contributed by atoms with Crippen LogP contribution in [0, 0.1) is 6.92 Å². The minimum Gasteiger partial charge on any atom is -0.496 e. The maximum atomic E-state index is 13.8. The molecule has 0 atom stereocenters. The van der Waals surface area contributed by atoms with Gasteiger partial charge < -0.3 is 9.47 Å². The van der Waals surface area contributed by atoms with Gasteiger partial charge >= 0.3 is 0 Å². The van der Waals surface area contributed by atoms with Crippen molar-refractivity contribution < 1.29 is 9.47 Å².